The third-order valence-corrected chi connectivity index (χ3v) is 8.59. The summed E-state index contributed by atoms with van der Waals surface area (Å²) in [4.78, 5) is 28.2. The fourth-order valence-electron chi connectivity index (χ4n) is 6.34. The highest BCUT2D eigenvalue weighted by molar-refractivity contribution is 5.83. The van der Waals surface area contributed by atoms with Crippen molar-refractivity contribution in [3.05, 3.63) is 120 Å². The zero-order valence-corrected chi connectivity index (χ0v) is 25.4. The van der Waals surface area contributed by atoms with E-state index in [2.05, 4.69) is 64.5 Å². The summed E-state index contributed by atoms with van der Waals surface area (Å²) in [5.41, 5.74) is 8.78. The normalized spacial score (nSPS) is 17.5. The Hall–Kier alpha value is -4.89. The highest BCUT2D eigenvalue weighted by atomic mass is 16.4. The molecule has 9 heteroatoms. The predicted molar refractivity (Wildman–Crippen MR) is 178 cm³/mol. The molecular weight excluding hydrogens is 564 g/mol. The van der Waals surface area contributed by atoms with Crippen LogP contribution in [0, 0.1) is 5.41 Å². The first-order chi connectivity index (χ1) is 21.9. The zero-order chi connectivity index (χ0) is 31.6. The van der Waals surface area contributed by atoms with Gasteiger partial charge >= 0.3 is 6.09 Å². The third-order valence-electron chi connectivity index (χ3n) is 8.59. The number of nitrogens with two attached hydrogens (primary N) is 1. The van der Waals surface area contributed by atoms with Crippen molar-refractivity contribution in [1.82, 2.24) is 20.9 Å². The first kappa shape index (κ1) is 31.5. The van der Waals surface area contributed by atoms with Crippen molar-refractivity contribution in [2.75, 3.05) is 19.6 Å². The Morgan fingerprint density at radius 3 is 2.24 bits per heavy atom. The number of amides is 2. The van der Waals surface area contributed by atoms with Crippen LogP contribution in [0.4, 0.5) is 4.79 Å². The lowest BCUT2D eigenvalue weighted by atomic mass is 9.90. The zero-order valence-electron chi connectivity index (χ0n) is 25.4. The van der Waals surface area contributed by atoms with Crippen molar-refractivity contribution in [2.24, 2.45) is 5.73 Å². The number of carbonyl (C=O) groups is 2. The maximum Gasteiger partial charge on any atom is 0.404 e. The van der Waals surface area contributed by atoms with Crippen LogP contribution in [-0.2, 0) is 11.2 Å². The van der Waals surface area contributed by atoms with Gasteiger partial charge in [0.2, 0.25) is 5.91 Å². The molecule has 1 aliphatic rings. The van der Waals surface area contributed by atoms with Crippen LogP contribution in [0.2, 0.25) is 0 Å². The molecule has 7 N–H and O–H groups in total. The molecule has 5 rings (SSSR count). The average molecular weight is 607 g/mol. The summed E-state index contributed by atoms with van der Waals surface area (Å²) in [5, 5.41) is 28.7. The molecule has 1 saturated heterocycles. The van der Waals surface area contributed by atoms with E-state index in [-0.39, 0.29) is 23.8 Å². The van der Waals surface area contributed by atoms with Gasteiger partial charge in [0.05, 0.1) is 12.1 Å². The number of nitrogens with zero attached hydrogens (tertiary/aromatic N) is 1. The average Bonchev–Trinajstić information content (AvgIpc) is 3.20. The van der Waals surface area contributed by atoms with Gasteiger partial charge in [-0.2, -0.15) is 0 Å². The van der Waals surface area contributed by atoms with Crippen LogP contribution in [0.1, 0.15) is 41.9 Å². The molecule has 4 aromatic rings. The van der Waals surface area contributed by atoms with E-state index in [1.165, 1.54) is 0 Å². The van der Waals surface area contributed by atoms with E-state index in [9.17, 15) is 14.7 Å². The number of carboxylic acid groups (broad SMARTS) is 1. The summed E-state index contributed by atoms with van der Waals surface area (Å²) in [6.07, 6.45) is 1.11. The fraction of sp³-hybridized carbons (Fsp3) is 0.306. The lowest BCUT2D eigenvalue weighted by Crippen LogP contribution is -2.54. The standard InChI is InChI=1S/C36H42N6O3/c37-35(38)39-20-9-16-32-34(43)42(24-30(27-11-3-1-4-12-27)28-13-5-2-6-14-28)21-19-31(40-32)33(41-36(44)45)23-25-17-18-26-10-7-8-15-29(26)22-25/h1-8,10-15,17-18,22,30-33,40-41H,9,16,19-21,23-24H2,(H,44,45)(H4,37,38,39)/t31-,32-,33+/m0/s1. The molecule has 45 heavy (non-hydrogen) atoms. The first-order valence-corrected chi connectivity index (χ1v) is 15.6. The van der Waals surface area contributed by atoms with Crippen LogP contribution in [0.25, 0.3) is 10.8 Å². The van der Waals surface area contributed by atoms with Crippen molar-refractivity contribution >= 4 is 28.7 Å². The topological polar surface area (TPSA) is 144 Å². The summed E-state index contributed by atoms with van der Waals surface area (Å²) in [7, 11) is 0. The summed E-state index contributed by atoms with van der Waals surface area (Å²) in [6, 6.07) is 33.5. The number of guanidine groups is 1. The summed E-state index contributed by atoms with van der Waals surface area (Å²) in [5.74, 6) is -0.125. The maximum atomic E-state index is 14.2. The SMILES string of the molecule is N=C(N)NCCC[C@@H]1N[C@H]([C@@H](Cc2ccc3ccccc3c2)NC(=O)O)CCN(CC(c2ccccc2)c2ccccc2)C1=O. The molecule has 0 unspecified atom stereocenters. The van der Waals surface area contributed by atoms with Gasteiger partial charge in [0.15, 0.2) is 5.96 Å². The lowest BCUT2D eigenvalue weighted by Gasteiger charge is -2.30. The number of carbonyl (C=O) groups excluding carboxylic acids is 1. The van der Waals surface area contributed by atoms with E-state index >= 15 is 0 Å². The van der Waals surface area contributed by atoms with E-state index in [0.29, 0.717) is 45.3 Å². The molecule has 0 bridgehead atoms. The minimum absolute atomic E-state index is 0.00281. The highest BCUT2D eigenvalue weighted by Crippen LogP contribution is 2.28. The van der Waals surface area contributed by atoms with Crippen LogP contribution in [0.15, 0.2) is 103 Å². The monoisotopic (exact) mass is 606 g/mol. The maximum absolute atomic E-state index is 14.2. The van der Waals surface area contributed by atoms with E-state index in [0.717, 1.165) is 27.5 Å². The summed E-state index contributed by atoms with van der Waals surface area (Å²) >= 11 is 0. The minimum atomic E-state index is -1.09. The Morgan fingerprint density at radius 2 is 1.60 bits per heavy atom. The number of fused-ring (bicyclic) bond motifs is 1. The molecule has 2 amide bonds. The van der Waals surface area contributed by atoms with Crippen LogP contribution < -0.4 is 21.7 Å². The number of rotatable bonds is 12. The molecule has 0 spiro atoms. The second-order valence-corrected chi connectivity index (χ2v) is 11.7. The van der Waals surface area contributed by atoms with Crippen molar-refractivity contribution in [2.45, 2.75) is 49.7 Å². The quantitative estimate of drug-likeness (QED) is 0.0786. The van der Waals surface area contributed by atoms with Crippen molar-refractivity contribution in [3.8, 4) is 0 Å². The second kappa shape index (κ2) is 15.2. The molecule has 1 fully saturated rings. The Labute approximate surface area is 264 Å². The molecule has 3 atom stereocenters. The molecule has 4 aromatic carbocycles. The molecule has 0 radical (unpaired) electrons. The molecule has 9 nitrogen and oxygen atoms in total. The number of benzene rings is 4. The number of hydrogen-bond donors (Lipinski definition) is 6. The smallest absolute Gasteiger partial charge is 0.404 e. The van der Waals surface area contributed by atoms with E-state index in [1.807, 2.05) is 59.5 Å². The van der Waals surface area contributed by atoms with Gasteiger partial charge in [-0.1, -0.05) is 103 Å². The second-order valence-electron chi connectivity index (χ2n) is 11.7. The van der Waals surface area contributed by atoms with Gasteiger partial charge in [0.1, 0.15) is 0 Å². The summed E-state index contributed by atoms with van der Waals surface area (Å²) in [6.45, 7) is 1.46. The number of hydrogen-bond acceptors (Lipinski definition) is 4. The molecule has 1 heterocycles. The molecule has 0 saturated carbocycles. The highest BCUT2D eigenvalue weighted by Gasteiger charge is 2.35. The summed E-state index contributed by atoms with van der Waals surface area (Å²) < 4.78 is 0. The van der Waals surface area contributed by atoms with Crippen LogP contribution in [0.5, 0.6) is 0 Å². The molecule has 1 aliphatic heterocycles. The Balaban J connectivity index is 1.41. The van der Waals surface area contributed by atoms with Gasteiger partial charge in [-0.3, -0.25) is 10.2 Å². The van der Waals surface area contributed by atoms with Gasteiger partial charge in [0.25, 0.3) is 0 Å². The predicted octanol–water partition coefficient (Wildman–Crippen LogP) is 4.67. The van der Waals surface area contributed by atoms with Crippen molar-refractivity contribution in [3.63, 3.8) is 0 Å². The van der Waals surface area contributed by atoms with Crippen LogP contribution >= 0.6 is 0 Å². The van der Waals surface area contributed by atoms with E-state index in [1.54, 1.807) is 0 Å². The first-order valence-electron chi connectivity index (χ1n) is 15.6. The van der Waals surface area contributed by atoms with Crippen molar-refractivity contribution < 1.29 is 14.7 Å². The number of nitrogens with one attached hydrogen (secondary N) is 4. The third kappa shape index (κ3) is 8.61. The minimum Gasteiger partial charge on any atom is -0.465 e. The molecule has 234 valence electrons. The van der Waals surface area contributed by atoms with E-state index in [4.69, 9.17) is 11.1 Å². The lowest BCUT2D eigenvalue weighted by molar-refractivity contribution is -0.133. The Bertz CT molecular complexity index is 1540. The molecule has 0 aromatic heterocycles. The van der Waals surface area contributed by atoms with E-state index < -0.39 is 18.2 Å². The van der Waals surface area contributed by atoms with Crippen molar-refractivity contribution in [1.29, 1.82) is 5.41 Å². The largest absolute Gasteiger partial charge is 0.465 e. The van der Waals surface area contributed by atoms with Gasteiger partial charge in [0, 0.05) is 31.6 Å². The van der Waals surface area contributed by atoms with Gasteiger partial charge in [-0.15, -0.1) is 0 Å². The van der Waals surface area contributed by atoms with Crippen LogP contribution in [-0.4, -0.2) is 65.7 Å². The van der Waals surface area contributed by atoms with Crippen LogP contribution in [0.3, 0.4) is 0 Å². The van der Waals surface area contributed by atoms with Gasteiger partial charge in [-0.05, 0) is 53.1 Å². The Kier molecular flexibility index (Phi) is 10.7. The molecular formula is C36H42N6O3. The van der Waals surface area contributed by atoms with Gasteiger partial charge < -0.3 is 31.7 Å². The Morgan fingerprint density at radius 1 is 0.956 bits per heavy atom. The fourth-order valence-corrected chi connectivity index (χ4v) is 6.34. The molecule has 0 aliphatic carbocycles. The van der Waals surface area contributed by atoms with Gasteiger partial charge in [-0.25, -0.2) is 4.79 Å².